The SMILES string of the molecule is CN1CC(C)(C)CC2=C1CCC=C2. The Morgan fingerprint density at radius 3 is 2.92 bits per heavy atom. The molecule has 2 aliphatic rings. The average Bonchev–Trinajstić information content (AvgIpc) is 2.02. The average molecular weight is 177 g/mol. The van der Waals surface area contributed by atoms with Crippen molar-refractivity contribution in [3.8, 4) is 0 Å². The summed E-state index contributed by atoms with van der Waals surface area (Å²) in [6, 6.07) is 0. The van der Waals surface area contributed by atoms with Crippen LogP contribution in [0.1, 0.15) is 33.1 Å². The predicted molar refractivity (Wildman–Crippen MR) is 56.4 cm³/mol. The van der Waals surface area contributed by atoms with Crippen molar-refractivity contribution in [3.63, 3.8) is 0 Å². The summed E-state index contributed by atoms with van der Waals surface area (Å²) in [6.07, 6.45) is 8.37. The third kappa shape index (κ3) is 1.65. The summed E-state index contributed by atoms with van der Waals surface area (Å²) in [5.41, 5.74) is 3.61. The Balaban J connectivity index is 2.31. The van der Waals surface area contributed by atoms with E-state index in [0.29, 0.717) is 5.41 Å². The second kappa shape index (κ2) is 2.90. The summed E-state index contributed by atoms with van der Waals surface area (Å²) in [7, 11) is 2.23. The van der Waals surface area contributed by atoms with Gasteiger partial charge in [-0.3, -0.25) is 0 Å². The molecule has 0 atom stereocenters. The standard InChI is InChI=1S/C12H19N/c1-12(2)8-10-6-4-5-7-11(10)13(3)9-12/h4,6H,5,7-9H2,1-3H3. The highest BCUT2D eigenvalue weighted by molar-refractivity contribution is 5.31. The minimum absolute atomic E-state index is 0.454. The highest BCUT2D eigenvalue weighted by atomic mass is 15.1. The van der Waals surface area contributed by atoms with Gasteiger partial charge < -0.3 is 4.90 Å². The zero-order valence-electron chi connectivity index (χ0n) is 8.93. The Morgan fingerprint density at radius 2 is 2.15 bits per heavy atom. The Bertz CT molecular complexity index is 271. The lowest BCUT2D eigenvalue weighted by Gasteiger charge is -2.41. The van der Waals surface area contributed by atoms with E-state index in [-0.39, 0.29) is 0 Å². The summed E-state index contributed by atoms with van der Waals surface area (Å²) in [6.45, 7) is 5.92. The molecule has 0 aromatic heterocycles. The van der Waals surface area contributed by atoms with Gasteiger partial charge in [0, 0.05) is 19.3 Å². The molecule has 0 spiro atoms. The lowest BCUT2D eigenvalue weighted by molar-refractivity contribution is 0.212. The van der Waals surface area contributed by atoms with Crippen LogP contribution in [-0.4, -0.2) is 18.5 Å². The lowest BCUT2D eigenvalue weighted by Crippen LogP contribution is -2.36. The van der Waals surface area contributed by atoms with Crippen molar-refractivity contribution in [2.75, 3.05) is 13.6 Å². The van der Waals surface area contributed by atoms with Gasteiger partial charge in [-0.05, 0) is 30.3 Å². The minimum Gasteiger partial charge on any atom is -0.377 e. The fraction of sp³-hybridized carbons (Fsp3) is 0.667. The number of hydrogen-bond donors (Lipinski definition) is 0. The molecule has 0 amide bonds. The molecule has 13 heavy (non-hydrogen) atoms. The molecule has 0 radical (unpaired) electrons. The van der Waals surface area contributed by atoms with Crippen molar-refractivity contribution in [2.24, 2.45) is 5.41 Å². The molecule has 0 N–H and O–H groups in total. The topological polar surface area (TPSA) is 3.24 Å². The van der Waals surface area contributed by atoms with Crippen molar-refractivity contribution in [2.45, 2.75) is 33.1 Å². The summed E-state index contributed by atoms with van der Waals surface area (Å²) in [5, 5.41) is 0. The van der Waals surface area contributed by atoms with E-state index in [0.717, 1.165) is 0 Å². The van der Waals surface area contributed by atoms with Crippen LogP contribution in [0.2, 0.25) is 0 Å². The molecule has 0 saturated carbocycles. The number of nitrogens with zero attached hydrogens (tertiary/aromatic N) is 1. The molecule has 0 aromatic rings. The first-order valence-electron chi connectivity index (χ1n) is 5.18. The summed E-state index contributed by atoms with van der Waals surface area (Å²) >= 11 is 0. The third-order valence-electron chi connectivity index (χ3n) is 3.03. The second-order valence-electron chi connectivity index (χ2n) is 5.11. The van der Waals surface area contributed by atoms with E-state index < -0.39 is 0 Å². The largest absolute Gasteiger partial charge is 0.377 e. The second-order valence-corrected chi connectivity index (χ2v) is 5.11. The zero-order chi connectivity index (χ0) is 9.47. The molecule has 0 bridgehead atoms. The van der Waals surface area contributed by atoms with Gasteiger partial charge in [-0.1, -0.05) is 26.0 Å². The molecule has 0 aromatic carbocycles. The summed E-state index contributed by atoms with van der Waals surface area (Å²) in [4.78, 5) is 2.45. The molecular weight excluding hydrogens is 158 g/mol. The lowest BCUT2D eigenvalue weighted by atomic mass is 9.79. The molecule has 1 aliphatic heterocycles. The van der Waals surface area contributed by atoms with Crippen LogP contribution in [0.15, 0.2) is 23.4 Å². The smallest absolute Gasteiger partial charge is 0.0226 e. The van der Waals surface area contributed by atoms with E-state index in [4.69, 9.17) is 0 Å². The van der Waals surface area contributed by atoms with Gasteiger partial charge in [-0.15, -0.1) is 0 Å². The molecular formula is C12H19N. The van der Waals surface area contributed by atoms with Crippen molar-refractivity contribution < 1.29 is 0 Å². The zero-order valence-corrected chi connectivity index (χ0v) is 8.93. The molecule has 1 heterocycles. The summed E-state index contributed by atoms with van der Waals surface area (Å²) < 4.78 is 0. The highest BCUT2D eigenvalue weighted by Gasteiger charge is 2.29. The van der Waals surface area contributed by atoms with Crippen molar-refractivity contribution >= 4 is 0 Å². The Labute approximate surface area is 81.1 Å². The highest BCUT2D eigenvalue weighted by Crippen LogP contribution is 2.37. The molecule has 1 aliphatic carbocycles. The first kappa shape index (κ1) is 8.86. The van der Waals surface area contributed by atoms with Gasteiger partial charge in [-0.2, -0.15) is 0 Å². The number of hydrogen-bond acceptors (Lipinski definition) is 1. The third-order valence-corrected chi connectivity index (χ3v) is 3.03. The normalized spacial score (nSPS) is 26.2. The monoisotopic (exact) mass is 177 g/mol. The van der Waals surface area contributed by atoms with Gasteiger partial charge in [-0.25, -0.2) is 0 Å². The first-order chi connectivity index (χ1) is 6.08. The van der Waals surface area contributed by atoms with E-state index in [9.17, 15) is 0 Å². The maximum atomic E-state index is 2.45. The quantitative estimate of drug-likeness (QED) is 0.550. The predicted octanol–water partition coefficient (Wildman–Crippen LogP) is 2.95. The van der Waals surface area contributed by atoms with E-state index in [1.807, 2.05) is 0 Å². The molecule has 1 heteroatoms. The minimum atomic E-state index is 0.454. The van der Waals surface area contributed by atoms with Crippen LogP contribution in [0.4, 0.5) is 0 Å². The maximum Gasteiger partial charge on any atom is 0.0226 e. The molecule has 0 saturated heterocycles. The van der Waals surface area contributed by atoms with Crippen LogP contribution >= 0.6 is 0 Å². The fourth-order valence-electron chi connectivity index (χ4n) is 2.61. The van der Waals surface area contributed by atoms with Gasteiger partial charge in [0.2, 0.25) is 0 Å². The van der Waals surface area contributed by atoms with E-state index >= 15 is 0 Å². The van der Waals surface area contributed by atoms with Crippen molar-refractivity contribution in [3.05, 3.63) is 23.4 Å². The number of allylic oxidation sites excluding steroid dienone is 4. The Hall–Kier alpha value is -0.720. The van der Waals surface area contributed by atoms with E-state index in [2.05, 4.69) is 37.9 Å². The van der Waals surface area contributed by atoms with E-state index in [1.54, 1.807) is 11.3 Å². The molecule has 0 fully saturated rings. The van der Waals surface area contributed by atoms with Gasteiger partial charge in [0.1, 0.15) is 0 Å². The van der Waals surface area contributed by atoms with Crippen LogP contribution < -0.4 is 0 Å². The molecule has 72 valence electrons. The maximum absolute atomic E-state index is 2.45. The number of rotatable bonds is 0. The van der Waals surface area contributed by atoms with Gasteiger partial charge in [0.05, 0.1) is 0 Å². The van der Waals surface area contributed by atoms with Crippen LogP contribution in [-0.2, 0) is 0 Å². The van der Waals surface area contributed by atoms with Crippen molar-refractivity contribution in [1.29, 1.82) is 0 Å². The Morgan fingerprint density at radius 1 is 1.38 bits per heavy atom. The molecule has 2 rings (SSSR count). The van der Waals surface area contributed by atoms with Crippen molar-refractivity contribution in [1.82, 2.24) is 4.90 Å². The van der Waals surface area contributed by atoms with Gasteiger partial charge in [0.25, 0.3) is 0 Å². The Kier molecular flexibility index (Phi) is 1.98. The molecule has 1 nitrogen and oxygen atoms in total. The van der Waals surface area contributed by atoms with Gasteiger partial charge in [0.15, 0.2) is 0 Å². The summed E-state index contributed by atoms with van der Waals surface area (Å²) in [5.74, 6) is 0. The molecule has 0 unspecified atom stereocenters. The van der Waals surface area contributed by atoms with E-state index in [1.165, 1.54) is 25.8 Å². The fourth-order valence-corrected chi connectivity index (χ4v) is 2.61. The van der Waals surface area contributed by atoms with Crippen LogP contribution in [0, 0.1) is 5.41 Å². The van der Waals surface area contributed by atoms with Crippen LogP contribution in [0.3, 0.4) is 0 Å². The first-order valence-corrected chi connectivity index (χ1v) is 5.18. The van der Waals surface area contributed by atoms with Crippen LogP contribution in [0.25, 0.3) is 0 Å². The van der Waals surface area contributed by atoms with Gasteiger partial charge >= 0.3 is 0 Å². The van der Waals surface area contributed by atoms with Crippen LogP contribution in [0.5, 0.6) is 0 Å².